The Hall–Kier alpha value is -1.36. The largest absolute Gasteiger partial charge is 0.326 e. The number of hydrogen-bond donors (Lipinski definition) is 2. The van der Waals surface area contributed by atoms with E-state index < -0.39 is 0 Å². The zero-order chi connectivity index (χ0) is 12.8. The normalized spacial score (nSPS) is 11.7. The molecule has 0 spiro atoms. The van der Waals surface area contributed by atoms with Gasteiger partial charge in [0, 0.05) is 17.8 Å². The zero-order valence-corrected chi connectivity index (χ0v) is 11.4. The van der Waals surface area contributed by atoms with Crippen molar-refractivity contribution in [3.05, 3.63) is 24.3 Å². The Morgan fingerprint density at radius 2 is 1.65 bits per heavy atom. The SMILES string of the molecule is CCC(=O)Nc1ccc(NC(=O)C(C)Br)cc1. The third-order valence-electron chi connectivity index (χ3n) is 2.12. The van der Waals surface area contributed by atoms with Gasteiger partial charge in [0.2, 0.25) is 11.8 Å². The molecule has 0 aliphatic heterocycles. The van der Waals surface area contributed by atoms with Gasteiger partial charge in [0.15, 0.2) is 0 Å². The van der Waals surface area contributed by atoms with Crippen molar-refractivity contribution >= 4 is 39.1 Å². The maximum atomic E-state index is 11.4. The summed E-state index contributed by atoms with van der Waals surface area (Å²) in [6.07, 6.45) is 0.444. The van der Waals surface area contributed by atoms with Gasteiger partial charge in [-0.1, -0.05) is 22.9 Å². The molecular formula is C12H15BrN2O2. The Morgan fingerprint density at radius 3 is 2.06 bits per heavy atom. The van der Waals surface area contributed by atoms with E-state index in [1.54, 1.807) is 38.1 Å². The predicted molar refractivity (Wildman–Crippen MR) is 72.4 cm³/mol. The number of amides is 2. The lowest BCUT2D eigenvalue weighted by Gasteiger charge is -2.08. The molecule has 0 aromatic heterocycles. The van der Waals surface area contributed by atoms with Gasteiger partial charge in [-0.25, -0.2) is 0 Å². The van der Waals surface area contributed by atoms with Crippen LogP contribution in [0.1, 0.15) is 20.3 Å². The lowest BCUT2D eigenvalue weighted by molar-refractivity contribution is -0.116. The standard InChI is InChI=1S/C12H15BrN2O2/c1-3-11(16)14-9-4-6-10(7-5-9)15-12(17)8(2)13/h4-8H,3H2,1-2H3,(H,14,16)(H,15,17). The fourth-order valence-electron chi connectivity index (χ4n) is 1.13. The Kier molecular flexibility index (Phi) is 5.15. The average Bonchev–Trinajstić information content (AvgIpc) is 2.31. The molecule has 0 saturated heterocycles. The summed E-state index contributed by atoms with van der Waals surface area (Å²) < 4.78 is 0. The lowest BCUT2D eigenvalue weighted by atomic mass is 10.2. The molecule has 0 fully saturated rings. The molecule has 1 aromatic rings. The fraction of sp³-hybridized carbons (Fsp3) is 0.333. The van der Waals surface area contributed by atoms with Crippen molar-refractivity contribution in [2.45, 2.75) is 25.1 Å². The topological polar surface area (TPSA) is 58.2 Å². The van der Waals surface area contributed by atoms with Crippen molar-refractivity contribution in [1.29, 1.82) is 0 Å². The number of rotatable bonds is 4. The molecule has 2 N–H and O–H groups in total. The van der Waals surface area contributed by atoms with Gasteiger partial charge in [0.25, 0.3) is 0 Å². The van der Waals surface area contributed by atoms with E-state index in [1.807, 2.05) is 0 Å². The van der Waals surface area contributed by atoms with Gasteiger partial charge in [-0.2, -0.15) is 0 Å². The van der Waals surface area contributed by atoms with E-state index in [4.69, 9.17) is 0 Å². The maximum Gasteiger partial charge on any atom is 0.237 e. The molecule has 0 heterocycles. The molecule has 0 radical (unpaired) electrons. The molecule has 1 unspecified atom stereocenters. The van der Waals surface area contributed by atoms with Crippen molar-refractivity contribution < 1.29 is 9.59 Å². The monoisotopic (exact) mass is 298 g/mol. The first-order valence-corrected chi connectivity index (χ1v) is 6.29. The summed E-state index contributed by atoms with van der Waals surface area (Å²) in [5.41, 5.74) is 1.43. The van der Waals surface area contributed by atoms with Crippen LogP contribution in [-0.4, -0.2) is 16.6 Å². The molecule has 1 rings (SSSR count). The van der Waals surface area contributed by atoms with Crippen LogP contribution in [0, 0.1) is 0 Å². The van der Waals surface area contributed by atoms with Gasteiger partial charge in [0.05, 0.1) is 4.83 Å². The van der Waals surface area contributed by atoms with Crippen LogP contribution >= 0.6 is 15.9 Å². The first kappa shape index (κ1) is 13.7. The molecule has 92 valence electrons. The minimum Gasteiger partial charge on any atom is -0.326 e. The molecule has 17 heavy (non-hydrogen) atoms. The van der Waals surface area contributed by atoms with E-state index in [-0.39, 0.29) is 16.6 Å². The van der Waals surface area contributed by atoms with Crippen LogP contribution in [0.3, 0.4) is 0 Å². The molecule has 1 atom stereocenters. The number of nitrogens with one attached hydrogen (secondary N) is 2. The third kappa shape index (κ3) is 4.56. The summed E-state index contributed by atoms with van der Waals surface area (Å²) in [4.78, 5) is 22.3. The van der Waals surface area contributed by atoms with Gasteiger partial charge in [-0.15, -0.1) is 0 Å². The van der Waals surface area contributed by atoms with Gasteiger partial charge in [-0.3, -0.25) is 9.59 Å². The molecule has 1 aromatic carbocycles. The smallest absolute Gasteiger partial charge is 0.237 e. The zero-order valence-electron chi connectivity index (χ0n) is 9.79. The summed E-state index contributed by atoms with van der Waals surface area (Å²) in [6, 6.07) is 7.00. The average molecular weight is 299 g/mol. The second-order valence-corrected chi connectivity index (χ2v) is 4.96. The Bertz CT molecular complexity index is 401. The highest BCUT2D eigenvalue weighted by Gasteiger charge is 2.08. The molecule has 4 nitrogen and oxygen atoms in total. The van der Waals surface area contributed by atoms with Crippen LogP contribution in [0.15, 0.2) is 24.3 Å². The Morgan fingerprint density at radius 1 is 1.18 bits per heavy atom. The van der Waals surface area contributed by atoms with Crippen LogP contribution < -0.4 is 10.6 Å². The van der Waals surface area contributed by atoms with Gasteiger partial charge in [-0.05, 0) is 31.2 Å². The summed E-state index contributed by atoms with van der Waals surface area (Å²) in [5, 5.41) is 5.47. The third-order valence-corrected chi connectivity index (χ3v) is 2.53. The Labute approximate surface area is 109 Å². The van der Waals surface area contributed by atoms with Crippen LogP contribution in [0.2, 0.25) is 0 Å². The number of halogens is 1. The van der Waals surface area contributed by atoms with Crippen molar-refractivity contribution in [2.75, 3.05) is 10.6 Å². The summed E-state index contributed by atoms with van der Waals surface area (Å²) in [7, 11) is 0. The van der Waals surface area contributed by atoms with Gasteiger partial charge >= 0.3 is 0 Å². The van der Waals surface area contributed by atoms with Crippen LogP contribution in [0.5, 0.6) is 0 Å². The maximum absolute atomic E-state index is 11.4. The van der Waals surface area contributed by atoms with Crippen LogP contribution in [0.4, 0.5) is 11.4 Å². The number of benzene rings is 1. The van der Waals surface area contributed by atoms with Crippen molar-refractivity contribution in [3.8, 4) is 0 Å². The van der Waals surface area contributed by atoms with Crippen molar-refractivity contribution in [1.82, 2.24) is 0 Å². The highest BCUT2D eigenvalue weighted by atomic mass is 79.9. The Balaban J connectivity index is 2.62. The number of anilines is 2. The molecule has 0 bridgehead atoms. The van der Waals surface area contributed by atoms with Crippen LogP contribution in [0.25, 0.3) is 0 Å². The van der Waals surface area contributed by atoms with Gasteiger partial charge in [0.1, 0.15) is 0 Å². The van der Waals surface area contributed by atoms with Crippen molar-refractivity contribution in [3.63, 3.8) is 0 Å². The summed E-state index contributed by atoms with van der Waals surface area (Å²) in [5.74, 6) is -0.133. The summed E-state index contributed by atoms with van der Waals surface area (Å²) in [6.45, 7) is 3.55. The highest BCUT2D eigenvalue weighted by molar-refractivity contribution is 9.10. The molecule has 0 aliphatic rings. The number of carbonyl (C=O) groups is 2. The van der Waals surface area contributed by atoms with E-state index >= 15 is 0 Å². The second kappa shape index (κ2) is 6.39. The van der Waals surface area contributed by atoms with Crippen LogP contribution in [-0.2, 0) is 9.59 Å². The van der Waals surface area contributed by atoms with Crippen molar-refractivity contribution in [2.24, 2.45) is 0 Å². The molecule has 0 saturated carbocycles. The number of hydrogen-bond acceptors (Lipinski definition) is 2. The quantitative estimate of drug-likeness (QED) is 0.840. The summed E-state index contributed by atoms with van der Waals surface area (Å²) >= 11 is 3.18. The minimum absolute atomic E-state index is 0.0316. The predicted octanol–water partition coefficient (Wildman–Crippen LogP) is 2.76. The first-order valence-electron chi connectivity index (χ1n) is 5.37. The number of carbonyl (C=O) groups excluding carboxylic acids is 2. The van der Waals surface area contributed by atoms with E-state index in [9.17, 15) is 9.59 Å². The van der Waals surface area contributed by atoms with E-state index in [1.165, 1.54) is 0 Å². The first-order chi connectivity index (χ1) is 8.02. The fourth-order valence-corrected chi connectivity index (χ4v) is 1.24. The molecule has 2 amide bonds. The lowest BCUT2D eigenvalue weighted by Crippen LogP contribution is -2.19. The number of alkyl halides is 1. The second-order valence-electron chi connectivity index (χ2n) is 3.58. The minimum atomic E-state index is -0.234. The van der Waals surface area contributed by atoms with E-state index in [0.717, 1.165) is 5.69 Å². The van der Waals surface area contributed by atoms with E-state index in [2.05, 4.69) is 26.6 Å². The highest BCUT2D eigenvalue weighted by Crippen LogP contribution is 2.14. The molecule has 0 aliphatic carbocycles. The molecular weight excluding hydrogens is 284 g/mol. The molecule has 5 heteroatoms. The van der Waals surface area contributed by atoms with E-state index in [0.29, 0.717) is 12.1 Å². The van der Waals surface area contributed by atoms with Gasteiger partial charge < -0.3 is 10.6 Å².